The molecule has 27 heavy (non-hydrogen) atoms. The number of fused-ring (bicyclic) bond motifs is 1. The fourth-order valence-electron chi connectivity index (χ4n) is 3.11. The first-order valence-corrected chi connectivity index (χ1v) is 11.0. The van der Waals surface area contributed by atoms with Crippen LogP contribution in [0, 0.1) is 0 Å². The predicted molar refractivity (Wildman–Crippen MR) is 107 cm³/mol. The fraction of sp³-hybridized carbons (Fsp3) is 0.316. The van der Waals surface area contributed by atoms with Crippen LogP contribution < -0.4 is 5.32 Å². The van der Waals surface area contributed by atoms with E-state index in [4.69, 9.17) is 23.2 Å². The molecule has 3 rings (SSSR count). The van der Waals surface area contributed by atoms with E-state index in [9.17, 15) is 13.2 Å². The van der Waals surface area contributed by atoms with Gasteiger partial charge in [-0.05, 0) is 42.7 Å². The van der Waals surface area contributed by atoms with Gasteiger partial charge < -0.3 is 10.2 Å². The van der Waals surface area contributed by atoms with Crippen molar-refractivity contribution in [3.63, 3.8) is 0 Å². The maximum Gasteiger partial charge on any atom is 0.317 e. The summed E-state index contributed by atoms with van der Waals surface area (Å²) in [4.78, 5) is 14.5. The first kappa shape index (κ1) is 20.0. The zero-order valence-electron chi connectivity index (χ0n) is 14.8. The summed E-state index contributed by atoms with van der Waals surface area (Å²) in [5, 5.41) is 4.04. The number of nitrogens with zero attached hydrogens (tertiary/aromatic N) is 1. The van der Waals surface area contributed by atoms with Crippen LogP contribution >= 0.6 is 23.2 Å². The molecule has 1 heterocycles. The number of rotatable bonds is 3. The second-order valence-corrected chi connectivity index (χ2v) is 9.56. The molecular formula is C19H20Cl2N2O3S. The van der Waals surface area contributed by atoms with Crippen molar-refractivity contribution in [1.82, 2.24) is 10.2 Å². The maximum atomic E-state index is 12.7. The summed E-state index contributed by atoms with van der Waals surface area (Å²) < 4.78 is 24.8. The highest BCUT2D eigenvalue weighted by molar-refractivity contribution is 7.91. The van der Waals surface area contributed by atoms with Crippen LogP contribution in [0.25, 0.3) is 0 Å². The molecule has 5 nitrogen and oxygen atoms in total. The number of hydrogen-bond acceptors (Lipinski definition) is 3. The van der Waals surface area contributed by atoms with Gasteiger partial charge in [0, 0.05) is 29.2 Å². The molecule has 0 spiro atoms. The molecule has 1 aliphatic heterocycles. The minimum atomic E-state index is -3.38. The molecule has 8 heteroatoms. The van der Waals surface area contributed by atoms with E-state index < -0.39 is 9.84 Å². The Labute approximate surface area is 169 Å². The molecule has 0 radical (unpaired) electrons. The van der Waals surface area contributed by atoms with E-state index in [0.717, 1.165) is 5.56 Å². The number of sulfone groups is 1. The Hall–Kier alpha value is -1.76. The summed E-state index contributed by atoms with van der Waals surface area (Å²) in [5.41, 5.74) is 1.52. The van der Waals surface area contributed by atoms with Gasteiger partial charge in [0.05, 0.1) is 10.6 Å². The molecule has 0 aliphatic carbocycles. The van der Waals surface area contributed by atoms with Gasteiger partial charge in [0.1, 0.15) is 0 Å². The Bertz CT molecular complexity index is 963. The third-order valence-corrected chi connectivity index (χ3v) is 6.87. The van der Waals surface area contributed by atoms with Crippen molar-refractivity contribution in [2.45, 2.75) is 30.8 Å². The largest absolute Gasteiger partial charge is 0.335 e. The molecule has 2 aromatic rings. The zero-order valence-corrected chi connectivity index (χ0v) is 17.1. The van der Waals surface area contributed by atoms with Gasteiger partial charge in [0.25, 0.3) is 0 Å². The minimum Gasteiger partial charge on any atom is -0.335 e. The lowest BCUT2D eigenvalue weighted by Gasteiger charge is -2.24. The lowest BCUT2D eigenvalue weighted by atomic mass is 10.1. The number of urea groups is 1. The average molecular weight is 427 g/mol. The van der Waals surface area contributed by atoms with Crippen molar-refractivity contribution in [3.05, 3.63) is 63.6 Å². The van der Waals surface area contributed by atoms with Crippen LogP contribution in [0.4, 0.5) is 4.79 Å². The molecule has 144 valence electrons. The van der Waals surface area contributed by atoms with Crippen molar-refractivity contribution in [2.24, 2.45) is 0 Å². The second-order valence-electron chi connectivity index (χ2n) is 6.64. The van der Waals surface area contributed by atoms with E-state index in [2.05, 4.69) is 5.32 Å². The van der Waals surface area contributed by atoms with Gasteiger partial charge in [0.2, 0.25) is 0 Å². The third kappa shape index (κ3) is 4.75. The Kier molecular flexibility index (Phi) is 5.99. The lowest BCUT2D eigenvalue weighted by Crippen LogP contribution is -2.45. The Balaban J connectivity index is 1.69. The highest BCUT2D eigenvalue weighted by Gasteiger charge is 2.27. The molecule has 0 saturated carbocycles. The quantitative estimate of drug-likeness (QED) is 0.808. The van der Waals surface area contributed by atoms with Gasteiger partial charge in [-0.25, -0.2) is 13.2 Å². The van der Waals surface area contributed by atoms with E-state index in [-0.39, 0.29) is 30.9 Å². The van der Waals surface area contributed by atoms with Crippen molar-refractivity contribution in [3.8, 4) is 0 Å². The summed E-state index contributed by atoms with van der Waals surface area (Å²) in [6.45, 7) is 2.29. The highest BCUT2D eigenvalue weighted by atomic mass is 35.5. The predicted octanol–water partition coefficient (Wildman–Crippen LogP) is 3.92. The molecule has 2 amide bonds. The van der Waals surface area contributed by atoms with Crippen LogP contribution in [-0.2, 0) is 22.8 Å². The minimum absolute atomic E-state index is 0.0885. The van der Waals surface area contributed by atoms with E-state index in [1.165, 1.54) is 4.90 Å². The van der Waals surface area contributed by atoms with Crippen molar-refractivity contribution in [1.29, 1.82) is 0 Å². The monoisotopic (exact) mass is 426 g/mol. The maximum absolute atomic E-state index is 12.7. The first-order chi connectivity index (χ1) is 12.8. The molecular weight excluding hydrogens is 407 g/mol. The number of halogens is 2. The standard InChI is InChI=1S/C19H20Cl2N2O3S/c1-13(10-14-6-7-16(20)11-17(14)21)22-19(24)23-8-9-27(25,26)18-5-3-2-4-15(18)12-23/h2-7,11,13H,8-10,12H2,1H3,(H,22,24). The molecule has 1 N–H and O–H groups in total. The molecule has 0 saturated heterocycles. The molecule has 0 bridgehead atoms. The SMILES string of the molecule is CC(Cc1ccc(Cl)cc1Cl)NC(=O)N1CCS(=O)(=O)c2ccccc2C1. The number of carbonyl (C=O) groups excluding carboxylic acids is 1. The van der Waals surface area contributed by atoms with Crippen LogP contribution in [0.15, 0.2) is 47.4 Å². The number of benzene rings is 2. The average Bonchev–Trinajstić information content (AvgIpc) is 2.74. The normalized spacial score (nSPS) is 16.9. The fourth-order valence-corrected chi connectivity index (χ4v) is 5.09. The van der Waals surface area contributed by atoms with Gasteiger partial charge >= 0.3 is 6.03 Å². The first-order valence-electron chi connectivity index (χ1n) is 8.56. The summed E-state index contributed by atoms with van der Waals surface area (Å²) in [5.74, 6) is -0.0885. The number of amides is 2. The number of carbonyl (C=O) groups is 1. The van der Waals surface area contributed by atoms with Gasteiger partial charge in [-0.1, -0.05) is 47.5 Å². The summed E-state index contributed by atoms with van der Waals surface area (Å²) >= 11 is 12.1. The summed E-state index contributed by atoms with van der Waals surface area (Å²) in [6, 6.07) is 11.6. The summed E-state index contributed by atoms with van der Waals surface area (Å²) in [7, 11) is -3.38. The molecule has 1 unspecified atom stereocenters. The zero-order chi connectivity index (χ0) is 19.6. The topological polar surface area (TPSA) is 66.5 Å². The molecule has 0 fully saturated rings. The third-order valence-electron chi connectivity index (χ3n) is 4.50. The van der Waals surface area contributed by atoms with Crippen LogP contribution in [0.3, 0.4) is 0 Å². The second kappa shape index (κ2) is 8.09. The van der Waals surface area contributed by atoms with Crippen molar-refractivity contribution in [2.75, 3.05) is 12.3 Å². The van der Waals surface area contributed by atoms with Gasteiger partial charge in [0.15, 0.2) is 9.84 Å². The van der Waals surface area contributed by atoms with E-state index in [1.807, 2.05) is 13.0 Å². The molecule has 1 atom stereocenters. The van der Waals surface area contributed by atoms with Gasteiger partial charge in [-0.2, -0.15) is 0 Å². The van der Waals surface area contributed by atoms with Crippen LogP contribution in [-0.4, -0.2) is 37.7 Å². The Morgan fingerprint density at radius 1 is 1.22 bits per heavy atom. The van der Waals surface area contributed by atoms with Crippen LogP contribution in [0.1, 0.15) is 18.1 Å². The number of hydrogen-bond donors (Lipinski definition) is 1. The van der Waals surface area contributed by atoms with E-state index in [0.29, 0.717) is 26.9 Å². The number of nitrogens with one attached hydrogen (secondary N) is 1. The summed E-state index contributed by atoms with van der Waals surface area (Å²) in [6.07, 6.45) is 0.546. The van der Waals surface area contributed by atoms with E-state index >= 15 is 0 Å². The molecule has 0 aromatic heterocycles. The van der Waals surface area contributed by atoms with Crippen molar-refractivity contribution < 1.29 is 13.2 Å². The van der Waals surface area contributed by atoms with Gasteiger partial charge in [-0.15, -0.1) is 0 Å². The molecule has 2 aromatic carbocycles. The highest BCUT2D eigenvalue weighted by Crippen LogP contribution is 2.24. The Morgan fingerprint density at radius 2 is 1.96 bits per heavy atom. The molecule has 1 aliphatic rings. The van der Waals surface area contributed by atoms with Gasteiger partial charge in [-0.3, -0.25) is 0 Å². The van der Waals surface area contributed by atoms with E-state index in [1.54, 1.807) is 36.4 Å². The Morgan fingerprint density at radius 3 is 2.70 bits per heavy atom. The smallest absolute Gasteiger partial charge is 0.317 e. The lowest BCUT2D eigenvalue weighted by molar-refractivity contribution is 0.195. The van der Waals surface area contributed by atoms with Crippen LogP contribution in [0.5, 0.6) is 0 Å². The van der Waals surface area contributed by atoms with Crippen LogP contribution in [0.2, 0.25) is 10.0 Å². The van der Waals surface area contributed by atoms with Crippen molar-refractivity contribution >= 4 is 39.1 Å².